The smallest absolute Gasteiger partial charge is 0.416 e. The van der Waals surface area contributed by atoms with Gasteiger partial charge in [-0.25, -0.2) is 5.43 Å². The van der Waals surface area contributed by atoms with E-state index in [2.05, 4.69) is 15.8 Å². The normalized spacial score (nSPS) is 11.8. The summed E-state index contributed by atoms with van der Waals surface area (Å²) < 4.78 is 38.5. The van der Waals surface area contributed by atoms with E-state index in [9.17, 15) is 32.7 Å². The maximum absolute atomic E-state index is 12.8. The van der Waals surface area contributed by atoms with E-state index in [1.165, 1.54) is 24.3 Å². The molecule has 0 bridgehead atoms. The first-order valence-corrected chi connectivity index (χ1v) is 13.7. The summed E-state index contributed by atoms with van der Waals surface area (Å²) in [6, 6.07) is 14.5. The first-order chi connectivity index (χ1) is 19.4. The van der Waals surface area contributed by atoms with Gasteiger partial charge in [0.1, 0.15) is 5.75 Å². The summed E-state index contributed by atoms with van der Waals surface area (Å²) in [7, 11) is 0. The van der Waals surface area contributed by atoms with Gasteiger partial charge in [0.05, 0.1) is 37.9 Å². The van der Waals surface area contributed by atoms with Crippen molar-refractivity contribution in [1.29, 1.82) is 0 Å². The molecule has 13 heteroatoms. The first-order valence-electron chi connectivity index (χ1n) is 12.0. The highest BCUT2D eigenvalue weighted by atomic mass is 32.1. The van der Waals surface area contributed by atoms with E-state index in [1.54, 1.807) is 36.6 Å². The molecule has 3 amide bonds. The SMILES string of the molecule is C/C(=N\NC(=O)c1ccc(C(=O)NCc2ccc(CC(N)=O)cc2)s1)c1csc(-c2ccc(C(F)(F)F)cc2)c1O. The van der Waals surface area contributed by atoms with Crippen LogP contribution in [-0.2, 0) is 23.9 Å². The maximum atomic E-state index is 12.8. The Morgan fingerprint density at radius 2 is 1.54 bits per heavy atom. The molecule has 2 aromatic heterocycles. The molecule has 0 aliphatic carbocycles. The van der Waals surface area contributed by atoms with Crippen molar-refractivity contribution in [1.82, 2.24) is 10.7 Å². The molecule has 2 heterocycles. The number of thiophene rings is 2. The van der Waals surface area contributed by atoms with Gasteiger partial charge in [0.2, 0.25) is 5.91 Å². The molecule has 0 fully saturated rings. The van der Waals surface area contributed by atoms with Gasteiger partial charge in [0.25, 0.3) is 11.8 Å². The van der Waals surface area contributed by atoms with E-state index in [0.717, 1.165) is 45.9 Å². The summed E-state index contributed by atoms with van der Waals surface area (Å²) >= 11 is 2.10. The van der Waals surface area contributed by atoms with Crippen LogP contribution in [0.2, 0.25) is 0 Å². The van der Waals surface area contributed by atoms with Crippen molar-refractivity contribution < 1.29 is 32.7 Å². The largest absolute Gasteiger partial charge is 0.506 e. The van der Waals surface area contributed by atoms with Crippen LogP contribution in [0.4, 0.5) is 13.2 Å². The topological polar surface area (TPSA) is 134 Å². The predicted octanol–water partition coefficient (Wildman–Crippen LogP) is 5.31. The Labute approximate surface area is 240 Å². The summed E-state index contributed by atoms with van der Waals surface area (Å²) in [5.41, 5.74) is 9.38. The lowest BCUT2D eigenvalue weighted by atomic mass is 10.1. The number of nitrogens with zero attached hydrogens (tertiary/aromatic N) is 1. The van der Waals surface area contributed by atoms with Crippen LogP contribution in [0.5, 0.6) is 5.75 Å². The van der Waals surface area contributed by atoms with Crippen LogP contribution in [0, 0.1) is 0 Å². The molecule has 0 radical (unpaired) electrons. The zero-order chi connectivity index (χ0) is 29.7. The highest BCUT2D eigenvalue weighted by Crippen LogP contribution is 2.40. The number of carbonyl (C=O) groups excluding carboxylic acids is 3. The average Bonchev–Trinajstić information content (AvgIpc) is 3.58. The fraction of sp³-hybridized carbons (Fsp3) is 0.143. The highest BCUT2D eigenvalue weighted by molar-refractivity contribution is 7.16. The molecular weight excluding hydrogens is 577 g/mol. The Morgan fingerprint density at radius 1 is 0.927 bits per heavy atom. The van der Waals surface area contributed by atoms with Crippen molar-refractivity contribution in [3.8, 4) is 16.2 Å². The Morgan fingerprint density at radius 3 is 2.15 bits per heavy atom. The summed E-state index contributed by atoms with van der Waals surface area (Å²) in [6.07, 6.45) is -4.33. The highest BCUT2D eigenvalue weighted by Gasteiger charge is 2.30. The number of benzene rings is 2. The number of nitrogens with two attached hydrogens (primary N) is 1. The lowest BCUT2D eigenvalue weighted by Gasteiger charge is -2.07. The average molecular weight is 601 g/mol. The van der Waals surface area contributed by atoms with Crippen LogP contribution in [0.25, 0.3) is 10.4 Å². The van der Waals surface area contributed by atoms with Gasteiger partial charge in [-0.15, -0.1) is 22.7 Å². The van der Waals surface area contributed by atoms with E-state index in [0.29, 0.717) is 20.9 Å². The minimum Gasteiger partial charge on any atom is -0.506 e. The molecule has 0 saturated heterocycles. The number of alkyl halides is 3. The van der Waals surface area contributed by atoms with Crippen molar-refractivity contribution >= 4 is 46.1 Å². The molecule has 8 nitrogen and oxygen atoms in total. The van der Waals surface area contributed by atoms with E-state index < -0.39 is 23.6 Å². The molecule has 41 heavy (non-hydrogen) atoms. The number of hydrogen-bond acceptors (Lipinski definition) is 7. The summed E-state index contributed by atoms with van der Waals surface area (Å²) in [5, 5.41) is 19.0. The van der Waals surface area contributed by atoms with Crippen molar-refractivity contribution in [3.63, 3.8) is 0 Å². The van der Waals surface area contributed by atoms with Crippen molar-refractivity contribution in [2.45, 2.75) is 26.1 Å². The lowest BCUT2D eigenvalue weighted by Crippen LogP contribution is -2.22. The zero-order valence-electron chi connectivity index (χ0n) is 21.4. The lowest BCUT2D eigenvalue weighted by molar-refractivity contribution is -0.137. The first kappa shape index (κ1) is 29.5. The van der Waals surface area contributed by atoms with Gasteiger partial charge in [0, 0.05) is 11.9 Å². The van der Waals surface area contributed by atoms with Gasteiger partial charge in [-0.2, -0.15) is 18.3 Å². The predicted molar refractivity (Wildman–Crippen MR) is 151 cm³/mol. The molecule has 4 aromatic rings. The fourth-order valence-electron chi connectivity index (χ4n) is 3.70. The number of primary amides is 1. The second-order valence-corrected chi connectivity index (χ2v) is 10.8. The van der Waals surface area contributed by atoms with Gasteiger partial charge < -0.3 is 16.2 Å². The quantitative estimate of drug-likeness (QED) is 0.153. The fourth-order valence-corrected chi connectivity index (χ4v) is 5.53. The maximum Gasteiger partial charge on any atom is 0.416 e. The number of amides is 3. The van der Waals surface area contributed by atoms with Gasteiger partial charge in [0.15, 0.2) is 0 Å². The van der Waals surface area contributed by atoms with E-state index >= 15 is 0 Å². The Kier molecular flexibility index (Phi) is 8.89. The zero-order valence-corrected chi connectivity index (χ0v) is 23.0. The number of hydrazone groups is 1. The molecular formula is C28H23F3N4O4S2. The Hall–Kier alpha value is -4.49. The molecule has 0 atom stereocenters. The van der Waals surface area contributed by atoms with Crippen molar-refractivity contribution in [2.75, 3.05) is 0 Å². The van der Waals surface area contributed by atoms with Crippen LogP contribution >= 0.6 is 22.7 Å². The van der Waals surface area contributed by atoms with E-state index in [4.69, 9.17) is 5.73 Å². The van der Waals surface area contributed by atoms with Gasteiger partial charge >= 0.3 is 6.18 Å². The molecule has 0 spiro atoms. The van der Waals surface area contributed by atoms with Gasteiger partial charge in [-0.3, -0.25) is 14.4 Å². The molecule has 0 unspecified atom stereocenters. The third-order valence-electron chi connectivity index (χ3n) is 5.86. The van der Waals surface area contributed by atoms with E-state index in [-0.39, 0.29) is 35.2 Å². The number of nitrogens with one attached hydrogen (secondary N) is 2. The van der Waals surface area contributed by atoms with Crippen LogP contribution in [0.3, 0.4) is 0 Å². The second kappa shape index (κ2) is 12.4. The van der Waals surface area contributed by atoms with Gasteiger partial charge in [-0.1, -0.05) is 36.4 Å². The molecule has 0 aliphatic heterocycles. The number of halogens is 3. The third-order valence-corrected chi connectivity index (χ3v) is 7.96. The summed E-state index contributed by atoms with van der Waals surface area (Å²) in [5.74, 6) is -1.52. The third kappa shape index (κ3) is 7.38. The van der Waals surface area contributed by atoms with Crippen LogP contribution in [-0.4, -0.2) is 28.5 Å². The molecule has 0 aliphatic rings. The van der Waals surface area contributed by atoms with Gasteiger partial charge in [-0.05, 0) is 47.9 Å². The second-order valence-electron chi connectivity index (χ2n) is 8.85. The standard InChI is InChI=1S/C28H23F3N4O4S2/c1-15(20-14-40-25(24(20)37)18-6-8-19(9-7-18)28(29,30)31)34-35-27(39)22-11-10-21(41-22)26(38)33-13-17-4-2-16(3-5-17)12-23(32)36/h2-11,14,37H,12-13H2,1H3,(H2,32,36)(H,33,38)(H,35,39)/b34-15+. The Bertz CT molecular complexity index is 1610. The van der Waals surface area contributed by atoms with E-state index in [1.807, 2.05) is 0 Å². The number of rotatable bonds is 9. The minimum absolute atomic E-state index is 0.133. The molecule has 212 valence electrons. The van der Waals surface area contributed by atoms with Crippen LogP contribution in [0.1, 0.15) is 48.5 Å². The number of hydrogen-bond donors (Lipinski definition) is 4. The number of aromatic hydroxyl groups is 1. The molecule has 2 aromatic carbocycles. The van der Waals surface area contributed by atoms with Crippen molar-refractivity contribution in [3.05, 3.63) is 98.1 Å². The van der Waals surface area contributed by atoms with Crippen LogP contribution in [0.15, 0.2) is 71.1 Å². The summed E-state index contributed by atoms with van der Waals surface area (Å²) in [4.78, 5) is 37.1. The summed E-state index contributed by atoms with van der Waals surface area (Å²) in [6.45, 7) is 1.81. The molecule has 0 saturated carbocycles. The van der Waals surface area contributed by atoms with Crippen molar-refractivity contribution in [2.24, 2.45) is 10.8 Å². The molecule has 4 rings (SSSR count). The number of carbonyl (C=O) groups is 3. The minimum atomic E-state index is -4.46. The van der Waals surface area contributed by atoms with Crippen LogP contribution < -0.4 is 16.5 Å². The molecule has 5 N–H and O–H groups in total. The Balaban J connectivity index is 1.35. The monoisotopic (exact) mass is 600 g/mol.